The molecule has 0 aromatic rings. The van der Waals surface area contributed by atoms with Gasteiger partial charge in [0.1, 0.15) is 5.60 Å². The van der Waals surface area contributed by atoms with E-state index >= 15 is 0 Å². The third kappa shape index (κ3) is 7.31. The number of hydrogen-bond donors (Lipinski definition) is 1. The minimum absolute atomic E-state index is 0.00612. The SMILES string of the molecule is C=C(CCCC)C(=O)[C@@H](NC(=O)OC(C)(C)C)C(C)C. The molecule has 0 aromatic heterocycles. The van der Waals surface area contributed by atoms with Crippen LogP contribution in [-0.4, -0.2) is 23.5 Å². The lowest BCUT2D eigenvalue weighted by molar-refractivity contribution is -0.118. The molecule has 1 atom stereocenters. The summed E-state index contributed by atoms with van der Waals surface area (Å²) in [5.41, 5.74) is -0.00458. The summed E-state index contributed by atoms with van der Waals surface area (Å²) in [6.07, 6.45) is 2.06. The van der Waals surface area contributed by atoms with Crippen molar-refractivity contribution in [3.8, 4) is 0 Å². The maximum absolute atomic E-state index is 12.3. The molecule has 0 fully saturated rings. The summed E-state index contributed by atoms with van der Waals surface area (Å²) < 4.78 is 5.20. The number of Topliss-reactive ketones (excluding diaryl/α,β-unsaturated/α-hetero) is 1. The molecule has 0 spiro atoms. The van der Waals surface area contributed by atoms with E-state index in [1.165, 1.54) is 0 Å². The van der Waals surface area contributed by atoms with E-state index in [4.69, 9.17) is 4.74 Å². The van der Waals surface area contributed by atoms with E-state index in [2.05, 4.69) is 18.8 Å². The Kier molecular flexibility index (Phi) is 7.54. The number of unbranched alkanes of at least 4 members (excludes halogenated alkanes) is 1. The lowest BCUT2D eigenvalue weighted by Gasteiger charge is -2.25. The molecule has 0 aliphatic rings. The highest BCUT2D eigenvalue weighted by Gasteiger charge is 2.27. The van der Waals surface area contributed by atoms with Crippen LogP contribution in [0.15, 0.2) is 12.2 Å². The van der Waals surface area contributed by atoms with Crippen LogP contribution in [0.1, 0.15) is 60.8 Å². The third-order valence-corrected chi connectivity index (χ3v) is 2.80. The third-order valence-electron chi connectivity index (χ3n) is 2.80. The standard InChI is InChI=1S/C16H29NO3/c1-8-9-10-12(4)14(18)13(11(2)3)17-15(19)20-16(5,6)7/h11,13H,4,8-10H2,1-3,5-7H3,(H,17,19)/t13-/m0/s1. The Hall–Kier alpha value is -1.32. The summed E-state index contributed by atoms with van der Waals surface area (Å²) in [4.78, 5) is 24.1. The predicted octanol–water partition coefficient (Wildman–Crippen LogP) is 3.85. The summed E-state index contributed by atoms with van der Waals surface area (Å²) in [6, 6.07) is -0.575. The van der Waals surface area contributed by atoms with E-state index in [1.54, 1.807) is 20.8 Å². The largest absolute Gasteiger partial charge is 0.444 e. The van der Waals surface area contributed by atoms with Gasteiger partial charge in [-0.2, -0.15) is 0 Å². The zero-order chi connectivity index (χ0) is 15.9. The molecule has 0 unspecified atom stereocenters. The van der Waals surface area contributed by atoms with Gasteiger partial charge in [0, 0.05) is 0 Å². The number of ether oxygens (including phenoxy) is 1. The molecule has 0 saturated heterocycles. The fraction of sp³-hybridized carbons (Fsp3) is 0.750. The second-order valence-corrected chi connectivity index (χ2v) is 6.44. The normalized spacial score (nSPS) is 12.9. The van der Waals surface area contributed by atoms with Gasteiger partial charge in [-0.25, -0.2) is 4.79 Å². The molecule has 0 heterocycles. The van der Waals surface area contributed by atoms with Crippen LogP contribution in [0.5, 0.6) is 0 Å². The zero-order valence-corrected chi connectivity index (χ0v) is 13.7. The number of carbonyl (C=O) groups is 2. The predicted molar refractivity (Wildman–Crippen MR) is 81.7 cm³/mol. The highest BCUT2D eigenvalue weighted by Crippen LogP contribution is 2.14. The summed E-state index contributed by atoms with van der Waals surface area (Å²) in [5.74, 6) is -0.104. The monoisotopic (exact) mass is 283 g/mol. The Bertz CT molecular complexity index is 353. The van der Waals surface area contributed by atoms with Gasteiger partial charge >= 0.3 is 6.09 Å². The van der Waals surface area contributed by atoms with E-state index in [0.717, 1.165) is 12.8 Å². The van der Waals surface area contributed by atoms with Crippen LogP contribution in [-0.2, 0) is 9.53 Å². The fourth-order valence-electron chi connectivity index (χ4n) is 1.70. The Morgan fingerprint density at radius 1 is 1.25 bits per heavy atom. The van der Waals surface area contributed by atoms with Crippen molar-refractivity contribution in [2.45, 2.75) is 72.4 Å². The van der Waals surface area contributed by atoms with Crippen molar-refractivity contribution >= 4 is 11.9 Å². The first kappa shape index (κ1) is 18.7. The van der Waals surface area contributed by atoms with Gasteiger partial charge in [-0.05, 0) is 45.1 Å². The molecule has 1 N–H and O–H groups in total. The quantitative estimate of drug-likeness (QED) is 0.722. The number of rotatable bonds is 7. The Morgan fingerprint density at radius 2 is 1.80 bits per heavy atom. The average Bonchev–Trinajstić information content (AvgIpc) is 2.29. The van der Waals surface area contributed by atoms with Crippen LogP contribution >= 0.6 is 0 Å². The average molecular weight is 283 g/mol. The first-order valence-electron chi connectivity index (χ1n) is 7.30. The van der Waals surface area contributed by atoms with E-state index in [-0.39, 0.29) is 11.7 Å². The molecule has 4 nitrogen and oxygen atoms in total. The van der Waals surface area contributed by atoms with Gasteiger partial charge in [-0.3, -0.25) is 4.79 Å². The summed E-state index contributed by atoms with van der Waals surface area (Å²) >= 11 is 0. The molecular weight excluding hydrogens is 254 g/mol. The molecule has 0 bridgehead atoms. The van der Waals surface area contributed by atoms with Gasteiger partial charge in [0.2, 0.25) is 0 Å². The van der Waals surface area contributed by atoms with Crippen molar-refractivity contribution in [1.29, 1.82) is 0 Å². The summed E-state index contributed by atoms with van der Waals surface area (Å²) in [5, 5.41) is 2.66. The molecule has 0 rings (SSSR count). The number of ketones is 1. The second kappa shape index (κ2) is 8.08. The second-order valence-electron chi connectivity index (χ2n) is 6.44. The highest BCUT2D eigenvalue weighted by atomic mass is 16.6. The van der Waals surface area contributed by atoms with Gasteiger partial charge in [-0.15, -0.1) is 0 Å². The summed E-state index contributed by atoms with van der Waals surface area (Å²) in [6.45, 7) is 15.1. The molecule has 1 amide bonds. The van der Waals surface area contributed by atoms with Crippen molar-refractivity contribution in [3.05, 3.63) is 12.2 Å². The van der Waals surface area contributed by atoms with E-state index < -0.39 is 17.7 Å². The molecule has 0 saturated carbocycles. The maximum Gasteiger partial charge on any atom is 0.408 e. The number of alkyl carbamates (subject to hydrolysis) is 1. The van der Waals surface area contributed by atoms with Gasteiger partial charge in [0.25, 0.3) is 0 Å². The van der Waals surface area contributed by atoms with E-state index in [9.17, 15) is 9.59 Å². The van der Waals surface area contributed by atoms with Crippen LogP contribution in [0.2, 0.25) is 0 Å². The number of carbonyl (C=O) groups excluding carboxylic acids is 2. The topological polar surface area (TPSA) is 55.4 Å². The first-order valence-corrected chi connectivity index (χ1v) is 7.30. The van der Waals surface area contributed by atoms with Crippen LogP contribution in [0.25, 0.3) is 0 Å². The number of amides is 1. The Balaban J connectivity index is 4.69. The molecule has 4 heteroatoms. The maximum atomic E-state index is 12.3. The minimum Gasteiger partial charge on any atom is -0.444 e. The fourth-order valence-corrected chi connectivity index (χ4v) is 1.70. The molecule has 20 heavy (non-hydrogen) atoms. The molecule has 116 valence electrons. The first-order chi connectivity index (χ1) is 9.08. The van der Waals surface area contributed by atoms with Crippen molar-refractivity contribution in [2.75, 3.05) is 0 Å². The Morgan fingerprint density at radius 3 is 2.20 bits per heavy atom. The minimum atomic E-state index is -0.576. The summed E-state index contributed by atoms with van der Waals surface area (Å²) in [7, 11) is 0. The van der Waals surface area contributed by atoms with Gasteiger partial charge < -0.3 is 10.1 Å². The number of nitrogens with one attached hydrogen (secondary N) is 1. The lowest BCUT2D eigenvalue weighted by Crippen LogP contribution is -2.46. The van der Waals surface area contributed by atoms with Gasteiger partial charge in [0.15, 0.2) is 5.78 Å². The lowest BCUT2D eigenvalue weighted by atomic mass is 9.93. The molecule has 0 radical (unpaired) electrons. The van der Waals surface area contributed by atoms with Crippen molar-refractivity contribution in [1.82, 2.24) is 5.32 Å². The smallest absolute Gasteiger partial charge is 0.408 e. The zero-order valence-electron chi connectivity index (χ0n) is 13.7. The molecule has 0 aliphatic heterocycles. The van der Waals surface area contributed by atoms with Crippen LogP contribution < -0.4 is 5.32 Å². The van der Waals surface area contributed by atoms with Gasteiger partial charge in [-0.1, -0.05) is 33.8 Å². The van der Waals surface area contributed by atoms with Crippen LogP contribution in [0.4, 0.5) is 4.79 Å². The van der Waals surface area contributed by atoms with Crippen LogP contribution in [0.3, 0.4) is 0 Å². The molecule has 0 aromatic carbocycles. The van der Waals surface area contributed by atoms with Crippen molar-refractivity contribution in [2.24, 2.45) is 5.92 Å². The van der Waals surface area contributed by atoms with E-state index in [0.29, 0.717) is 12.0 Å². The van der Waals surface area contributed by atoms with Crippen LogP contribution in [0, 0.1) is 5.92 Å². The Labute approximate surface area is 123 Å². The molecular formula is C16H29NO3. The van der Waals surface area contributed by atoms with Crippen molar-refractivity contribution in [3.63, 3.8) is 0 Å². The van der Waals surface area contributed by atoms with E-state index in [1.807, 2.05) is 13.8 Å². The van der Waals surface area contributed by atoms with Crippen molar-refractivity contribution < 1.29 is 14.3 Å². The number of hydrogen-bond acceptors (Lipinski definition) is 3. The molecule has 0 aliphatic carbocycles. The highest BCUT2D eigenvalue weighted by molar-refractivity contribution is 6.00. The van der Waals surface area contributed by atoms with Gasteiger partial charge in [0.05, 0.1) is 6.04 Å².